The molecule has 1 aromatic heterocycles. The first-order chi connectivity index (χ1) is 8.56. The number of rotatable bonds is 4. The minimum atomic E-state index is 0.0699. The number of hydrogen-bond acceptors (Lipinski definition) is 4. The average molecular weight is 244 g/mol. The second-order valence-corrected chi connectivity index (χ2v) is 4.24. The molecule has 0 saturated heterocycles. The van der Waals surface area contributed by atoms with Gasteiger partial charge < -0.3 is 9.73 Å². The highest BCUT2D eigenvalue weighted by molar-refractivity contribution is 5.94. The molecule has 1 N–H and O–H groups in total. The lowest BCUT2D eigenvalue weighted by Crippen LogP contribution is -2.00. The molecule has 2 aromatic rings. The molecule has 0 aliphatic heterocycles. The zero-order chi connectivity index (χ0) is 13.1. The van der Waals surface area contributed by atoms with Gasteiger partial charge in [0.15, 0.2) is 5.78 Å². The number of oxazole rings is 1. The molecule has 2 rings (SSSR count). The van der Waals surface area contributed by atoms with Gasteiger partial charge in [-0.1, -0.05) is 0 Å². The fourth-order valence-corrected chi connectivity index (χ4v) is 1.62. The standard InChI is InChI=1S/C14H16N2O2/c1-9-11(3)18-14(16-9)8-15-13-6-4-12(5-7-13)10(2)17/h4-7,15H,8H2,1-3H3. The van der Waals surface area contributed by atoms with Crippen molar-refractivity contribution in [3.8, 4) is 0 Å². The molecule has 0 amide bonds. The van der Waals surface area contributed by atoms with Crippen LogP contribution in [0, 0.1) is 13.8 Å². The van der Waals surface area contributed by atoms with Crippen LogP contribution in [-0.2, 0) is 6.54 Å². The Hall–Kier alpha value is -2.10. The second-order valence-electron chi connectivity index (χ2n) is 4.24. The quantitative estimate of drug-likeness (QED) is 0.839. The minimum Gasteiger partial charge on any atom is -0.444 e. The summed E-state index contributed by atoms with van der Waals surface area (Å²) >= 11 is 0. The van der Waals surface area contributed by atoms with E-state index in [-0.39, 0.29) is 5.78 Å². The molecule has 4 heteroatoms. The number of carbonyl (C=O) groups excluding carboxylic acids is 1. The summed E-state index contributed by atoms with van der Waals surface area (Å²) in [6.45, 7) is 5.91. The van der Waals surface area contributed by atoms with E-state index >= 15 is 0 Å². The van der Waals surface area contributed by atoms with E-state index in [9.17, 15) is 4.79 Å². The van der Waals surface area contributed by atoms with Gasteiger partial charge in [-0.15, -0.1) is 0 Å². The molecule has 94 valence electrons. The Morgan fingerprint density at radius 1 is 1.28 bits per heavy atom. The van der Waals surface area contributed by atoms with Crippen LogP contribution < -0.4 is 5.32 Å². The van der Waals surface area contributed by atoms with E-state index in [0.29, 0.717) is 18.0 Å². The number of nitrogens with one attached hydrogen (secondary N) is 1. The number of aryl methyl sites for hydroxylation is 2. The predicted octanol–water partition coefficient (Wildman–Crippen LogP) is 3.11. The van der Waals surface area contributed by atoms with Crippen LogP contribution in [0.1, 0.15) is 34.6 Å². The number of anilines is 1. The summed E-state index contributed by atoms with van der Waals surface area (Å²) in [6, 6.07) is 7.35. The second kappa shape index (κ2) is 5.04. The number of benzene rings is 1. The maximum atomic E-state index is 11.1. The molecule has 4 nitrogen and oxygen atoms in total. The molecule has 0 aliphatic carbocycles. The van der Waals surface area contributed by atoms with Crippen LogP contribution in [0.2, 0.25) is 0 Å². The molecule has 0 radical (unpaired) electrons. The number of carbonyl (C=O) groups is 1. The fourth-order valence-electron chi connectivity index (χ4n) is 1.62. The summed E-state index contributed by atoms with van der Waals surface area (Å²) < 4.78 is 5.47. The number of Topliss-reactive ketones (excluding diaryl/α,β-unsaturated/α-hetero) is 1. The van der Waals surface area contributed by atoms with Crippen LogP contribution in [-0.4, -0.2) is 10.8 Å². The van der Waals surface area contributed by atoms with Crippen LogP contribution in [0.3, 0.4) is 0 Å². The molecular formula is C14H16N2O2. The zero-order valence-corrected chi connectivity index (χ0v) is 10.8. The van der Waals surface area contributed by atoms with Crippen LogP contribution in [0.25, 0.3) is 0 Å². The summed E-state index contributed by atoms with van der Waals surface area (Å²) in [5, 5.41) is 3.20. The van der Waals surface area contributed by atoms with Gasteiger partial charge >= 0.3 is 0 Å². The Balaban J connectivity index is 2.00. The normalized spacial score (nSPS) is 10.4. The van der Waals surface area contributed by atoms with Crippen LogP contribution in [0.4, 0.5) is 5.69 Å². The highest BCUT2D eigenvalue weighted by atomic mass is 16.4. The third-order valence-electron chi connectivity index (χ3n) is 2.81. The van der Waals surface area contributed by atoms with Crippen molar-refractivity contribution in [1.82, 2.24) is 4.98 Å². The number of nitrogens with zero attached hydrogens (tertiary/aromatic N) is 1. The van der Waals surface area contributed by atoms with Crippen LogP contribution in [0.15, 0.2) is 28.7 Å². The molecule has 0 aliphatic rings. The van der Waals surface area contributed by atoms with Crippen molar-refractivity contribution in [3.63, 3.8) is 0 Å². The molecule has 18 heavy (non-hydrogen) atoms. The monoisotopic (exact) mass is 244 g/mol. The van der Waals surface area contributed by atoms with Crippen molar-refractivity contribution in [2.75, 3.05) is 5.32 Å². The Bertz CT molecular complexity index is 536. The van der Waals surface area contributed by atoms with E-state index in [1.807, 2.05) is 26.0 Å². The molecule has 0 unspecified atom stereocenters. The summed E-state index contributed by atoms with van der Waals surface area (Å²) in [4.78, 5) is 15.4. The molecule has 0 saturated carbocycles. The minimum absolute atomic E-state index is 0.0699. The third kappa shape index (κ3) is 2.77. The van der Waals surface area contributed by atoms with Gasteiger partial charge in [-0.05, 0) is 45.0 Å². The molecule has 0 atom stereocenters. The summed E-state index contributed by atoms with van der Waals surface area (Å²) in [7, 11) is 0. The first-order valence-electron chi connectivity index (χ1n) is 5.84. The average Bonchev–Trinajstić information content (AvgIpc) is 2.67. The van der Waals surface area contributed by atoms with Crippen molar-refractivity contribution in [3.05, 3.63) is 47.2 Å². The Kier molecular flexibility index (Phi) is 3.46. The fraction of sp³-hybridized carbons (Fsp3) is 0.286. The van der Waals surface area contributed by atoms with Crippen molar-refractivity contribution >= 4 is 11.5 Å². The van der Waals surface area contributed by atoms with E-state index in [1.54, 1.807) is 19.1 Å². The number of hydrogen-bond donors (Lipinski definition) is 1. The Labute approximate surface area is 106 Å². The summed E-state index contributed by atoms with van der Waals surface area (Å²) in [5.41, 5.74) is 2.57. The van der Waals surface area contributed by atoms with Gasteiger partial charge in [-0.3, -0.25) is 4.79 Å². The SMILES string of the molecule is CC(=O)c1ccc(NCc2nc(C)c(C)o2)cc1. The van der Waals surface area contributed by atoms with Crippen LogP contribution in [0.5, 0.6) is 0 Å². The number of aromatic nitrogens is 1. The van der Waals surface area contributed by atoms with E-state index in [1.165, 1.54) is 0 Å². The lowest BCUT2D eigenvalue weighted by molar-refractivity contribution is 0.101. The highest BCUT2D eigenvalue weighted by Gasteiger charge is 2.05. The van der Waals surface area contributed by atoms with E-state index in [2.05, 4.69) is 10.3 Å². The van der Waals surface area contributed by atoms with Gasteiger partial charge in [0.25, 0.3) is 0 Å². The Morgan fingerprint density at radius 3 is 2.44 bits per heavy atom. The van der Waals surface area contributed by atoms with Crippen molar-refractivity contribution in [2.45, 2.75) is 27.3 Å². The largest absolute Gasteiger partial charge is 0.444 e. The Morgan fingerprint density at radius 2 is 1.94 bits per heavy atom. The maximum absolute atomic E-state index is 11.1. The summed E-state index contributed by atoms with van der Waals surface area (Å²) in [6.07, 6.45) is 0. The van der Waals surface area contributed by atoms with E-state index in [0.717, 1.165) is 17.1 Å². The summed E-state index contributed by atoms with van der Waals surface area (Å²) in [5.74, 6) is 1.58. The van der Waals surface area contributed by atoms with E-state index < -0.39 is 0 Å². The van der Waals surface area contributed by atoms with Crippen molar-refractivity contribution in [1.29, 1.82) is 0 Å². The van der Waals surface area contributed by atoms with Gasteiger partial charge in [0.2, 0.25) is 5.89 Å². The highest BCUT2D eigenvalue weighted by Crippen LogP contribution is 2.13. The van der Waals surface area contributed by atoms with Gasteiger partial charge in [-0.2, -0.15) is 0 Å². The molecular weight excluding hydrogens is 228 g/mol. The van der Waals surface area contributed by atoms with Gasteiger partial charge in [0.05, 0.1) is 12.2 Å². The van der Waals surface area contributed by atoms with Crippen molar-refractivity contribution in [2.24, 2.45) is 0 Å². The van der Waals surface area contributed by atoms with Gasteiger partial charge in [0, 0.05) is 11.3 Å². The topological polar surface area (TPSA) is 55.1 Å². The first kappa shape index (κ1) is 12.4. The molecule has 0 fully saturated rings. The predicted molar refractivity (Wildman–Crippen MR) is 69.8 cm³/mol. The molecule has 0 bridgehead atoms. The molecule has 1 aromatic carbocycles. The number of ketones is 1. The van der Waals surface area contributed by atoms with Gasteiger partial charge in [0.1, 0.15) is 5.76 Å². The first-order valence-corrected chi connectivity index (χ1v) is 5.84. The lowest BCUT2D eigenvalue weighted by Gasteiger charge is -2.04. The lowest BCUT2D eigenvalue weighted by atomic mass is 10.1. The van der Waals surface area contributed by atoms with Crippen LogP contribution >= 0.6 is 0 Å². The molecule has 0 spiro atoms. The smallest absolute Gasteiger partial charge is 0.213 e. The molecule has 1 heterocycles. The van der Waals surface area contributed by atoms with Crippen molar-refractivity contribution < 1.29 is 9.21 Å². The zero-order valence-electron chi connectivity index (χ0n) is 10.8. The maximum Gasteiger partial charge on any atom is 0.213 e. The third-order valence-corrected chi connectivity index (χ3v) is 2.81. The van der Waals surface area contributed by atoms with E-state index in [4.69, 9.17) is 4.42 Å². The van der Waals surface area contributed by atoms with Gasteiger partial charge in [-0.25, -0.2) is 4.98 Å².